The van der Waals surface area contributed by atoms with Gasteiger partial charge < -0.3 is 10.5 Å². The van der Waals surface area contributed by atoms with Crippen molar-refractivity contribution in [2.75, 3.05) is 6.61 Å². The third-order valence-electron chi connectivity index (χ3n) is 4.10. The van der Waals surface area contributed by atoms with Gasteiger partial charge in [-0.1, -0.05) is 36.9 Å². The van der Waals surface area contributed by atoms with Gasteiger partial charge in [0.2, 0.25) is 0 Å². The highest BCUT2D eigenvalue weighted by Crippen LogP contribution is 2.42. The highest BCUT2D eigenvalue weighted by molar-refractivity contribution is 9.10. The smallest absolute Gasteiger partial charge is 0.147 e. The molecule has 1 unspecified atom stereocenters. The van der Waals surface area contributed by atoms with Crippen LogP contribution in [0.25, 0.3) is 0 Å². The highest BCUT2D eigenvalue weighted by Gasteiger charge is 2.40. The summed E-state index contributed by atoms with van der Waals surface area (Å²) in [7, 11) is 0. The largest absolute Gasteiger partial charge is 0.373 e. The van der Waals surface area contributed by atoms with Gasteiger partial charge in [-0.15, -0.1) is 0 Å². The third-order valence-corrected chi connectivity index (χ3v) is 5.36. The van der Waals surface area contributed by atoms with Crippen LogP contribution in [0.5, 0.6) is 0 Å². The SMILES string of the molecule is CCOC1(C(N)c2ccc(Br)c(Cl)c2F)CCCCC1. The summed E-state index contributed by atoms with van der Waals surface area (Å²) in [4.78, 5) is 0. The molecule has 1 fully saturated rings. The first-order valence-corrected chi connectivity index (χ1v) is 8.22. The fourth-order valence-electron chi connectivity index (χ4n) is 3.05. The number of halogens is 3. The molecule has 0 saturated heterocycles. The van der Waals surface area contributed by atoms with E-state index in [2.05, 4.69) is 15.9 Å². The second-order valence-corrected chi connectivity index (χ2v) is 6.53. The van der Waals surface area contributed by atoms with Gasteiger partial charge in [0.05, 0.1) is 16.7 Å². The molecule has 2 rings (SSSR count). The van der Waals surface area contributed by atoms with Crippen molar-refractivity contribution in [3.05, 3.63) is 33.0 Å². The second kappa shape index (κ2) is 6.73. The van der Waals surface area contributed by atoms with Crippen molar-refractivity contribution in [3.8, 4) is 0 Å². The molecule has 0 aliphatic heterocycles. The second-order valence-electron chi connectivity index (χ2n) is 5.30. The molecule has 1 aromatic rings. The van der Waals surface area contributed by atoms with E-state index in [0.29, 0.717) is 16.6 Å². The van der Waals surface area contributed by atoms with Gasteiger partial charge in [-0.2, -0.15) is 0 Å². The molecule has 1 saturated carbocycles. The quantitative estimate of drug-likeness (QED) is 0.765. The summed E-state index contributed by atoms with van der Waals surface area (Å²) < 4.78 is 20.9. The van der Waals surface area contributed by atoms with Gasteiger partial charge in [-0.3, -0.25) is 0 Å². The van der Waals surface area contributed by atoms with Crippen LogP contribution in [0.1, 0.15) is 50.6 Å². The van der Waals surface area contributed by atoms with Gasteiger partial charge in [-0.25, -0.2) is 4.39 Å². The molecular weight excluding hydrogens is 345 g/mol. The zero-order chi connectivity index (χ0) is 14.8. The summed E-state index contributed by atoms with van der Waals surface area (Å²) in [5, 5.41) is 0.0837. The van der Waals surface area contributed by atoms with Crippen molar-refractivity contribution in [2.45, 2.75) is 50.7 Å². The van der Waals surface area contributed by atoms with E-state index >= 15 is 0 Å². The first kappa shape index (κ1) is 16.2. The Morgan fingerprint density at radius 2 is 2.05 bits per heavy atom. The Hall–Kier alpha value is -0.160. The Morgan fingerprint density at radius 3 is 2.65 bits per heavy atom. The lowest BCUT2D eigenvalue weighted by Gasteiger charge is -2.42. The molecule has 0 heterocycles. The molecule has 112 valence electrons. The van der Waals surface area contributed by atoms with Gasteiger partial charge in [-0.05, 0) is 41.8 Å². The Balaban J connectivity index is 2.37. The lowest BCUT2D eigenvalue weighted by Crippen LogP contribution is -2.45. The monoisotopic (exact) mass is 363 g/mol. The molecule has 2 nitrogen and oxygen atoms in total. The number of nitrogens with two attached hydrogens (primary N) is 1. The van der Waals surface area contributed by atoms with E-state index in [1.54, 1.807) is 12.1 Å². The first-order valence-electron chi connectivity index (χ1n) is 7.05. The number of hydrogen-bond acceptors (Lipinski definition) is 2. The fraction of sp³-hybridized carbons (Fsp3) is 0.600. The maximum absolute atomic E-state index is 14.4. The van der Waals surface area contributed by atoms with Crippen molar-refractivity contribution < 1.29 is 9.13 Å². The summed E-state index contributed by atoms with van der Waals surface area (Å²) in [6.45, 7) is 2.54. The summed E-state index contributed by atoms with van der Waals surface area (Å²) in [5.41, 5.74) is 6.34. The van der Waals surface area contributed by atoms with Crippen LogP contribution in [0.2, 0.25) is 5.02 Å². The first-order chi connectivity index (χ1) is 9.52. The van der Waals surface area contributed by atoms with Crippen LogP contribution in [-0.2, 0) is 4.74 Å². The van der Waals surface area contributed by atoms with Crippen molar-refractivity contribution in [1.29, 1.82) is 0 Å². The molecule has 5 heteroatoms. The van der Waals surface area contributed by atoms with Crippen LogP contribution in [-0.4, -0.2) is 12.2 Å². The minimum Gasteiger partial charge on any atom is -0.373 e. The molecule has 0 radical (unpaired) electrons. The van der Waals surface area contributed by atoms with E-state index in [1.807, 2.05) is 6.92 Å². The van der Waals surface area contributed by atoms with Crippen molar-refractivity contribution in [3.63, 3.8) is 0 Å². The summed E-state index contributed by atoms with van der Waals surface area (Å²) in [6, 6.07) is 2.95. The van der Waals surface area contributed by atoms with Crippen LogP contribution in [0.4, 0.5) is 4.39 Å². The predicted molar refractivity (Wildman–Crippen MR) is 83.5 cm³/mol. The van der Waals surface area contributed by atoms with E-state index in [0.717, 1.165) is 25.7 Å². The van der Waals surface area contributed by atoms with Crippen LogP contribution in [0.15, 0.2) is 16.6 Å². The minimum absolute atomic E-state index is 0.0837. The van der Waals surface area contributed by atoms with E-state index < -0.39 is 17.5 Å². The standard InChI is InChI=1S/C15H20BrClFNO/c1-2-20-15(8-4-3-5-9-15)14(19)10-6-7-11(16)12(17)13(10)18/h6-7,14H,2-5,8-9,19H2,1H3. The normalized spacial score (nSPS) is 19.9. The maximum Gasteiger partial charge on any atom is 0.147 e. The summed E-state index contributed by atoms with van der Waals surface area (Å²) >= 11 is 9.20. The van der Waals surface area contributed by atoms with Crippen molar-refractivity contribution >= 4 is 27.5 Å². The minimum atomic E-state index is -0.492. The maximum atomic E-state index is 14.4. The molecule has 1 atom stereocenters. The predicted octanol–water partition coefficient (Wildman–Crippen LogP) is 4.98. The fourth-order valence-corrected chi connectivity index (χ4v) is 3.53. The average molecular weight is 365 g/mol. The molecule has 0 spiro atoms. The van der Waals surface area contributed by atoms with E-state index in [4.69, 9.17) is 22.1 Å². The van der Waals surface area contributed by atoms with Gasteiger partial charge in [0.25, 0.3) is 0 Å². The van der Waals surface area contributed by atoms with E-state index in [9.17, 15) is 4.39 Å². The lowest BCUT2D eigenvalue weighted by molar-refractivity contribution is -0.0836. The van der Waals surface area contributed by atoms with Gasteiger partial charge in [0.1, 0.15) is 5.82 Å². The molecule has 0 aromatic heterocycles. The summed E-state index contributed by atoms with van der Waals surface area (Å²) in [6.07, 6.45) is 5.06. The molecule has 0 bridgehead atoms. The zero-order valence-electron chi connectivity index (χ0n) is 11.6. The van der Waals surface area contributed by atoms with Crippen molar-refractivity contribution in [1.82, 2.24) is 0 Å². The molecule has 20 heavy (non-hydrogen) atoms. The zero-order valence-corrected chi connectivity index (χ0v) is 13.9. The summed E-state index contributed by atoms with van der Waals surface area (Å²) in [5.74, 6) is -0.446. The number of hydrogen-bond donors (Lipinski definition) is 1. The third kappa shape index (κ3) is 3.03. The lowest BCUT2D eigenvalue weighted by atomic mass is 9.77. The average Bonchev–Trinajstić information content (AvgIpc) is 2.46. The Bertz CT molecular complexity index is 472. The van der Waals surface area contributed by atoms with E-state index in [1.165, 1.54) is 6.42 Å². The number of rotatable bonds is 4. The molecule has 1 aromatic carbocycles. The molecule has 1 aliphatic carbocycles. The van der Waals surface area contributed by atoms with Crippen LogP contribution in [0, 0.1) is 5.82 Å². The van der Waals surface area contributed by atoms with Crippen LogP contribution >= 0.6 is 27.5 Å². The molecular formula is C15H20BrClFNO. The van der Waals surface area contributed by atoms with Gasteiger partial charge in [0.15, 0.2) is 0 Å². The number of ether oxygens (including phenoxy) is 1. The Kier molecular flexibility index (Phi) is 5.46. The molecule has 1 aliphatic rings. The van der Waals surface area contributed by atoms with Crippen LogP contribution < -0.4 is 5.73 Å². The van der Waals surface area contributed by atoms with Gasteiger partial charge >= 0.3 is 0 Å². The highest BCUT2D eigenvalue weighted by atomic mass is 79.9. The van der Waals surface area contributed by atoms with Crippen molar-refractivity contribution in [2.24, 2.45) is 5.73 Å². The number of benzene rings is 1. The van der Waals surface area contributed by atoms with Gasteiger partial charge in [0, 0.05) is 16.6 Å². The molecule has 2 N–H and O–H groups in total. The topological polar surface area (TPSA) is 35.2 Å². The van der Waals surface area contributed by atoms with Crippen LogP contribution in [0.3, 0.4) is 0 Å². The Labute approximate surface area is 132 Å². The molecule has 0 amide bonds. The van der Waals surface area contributed by atoms with E-state index in [-0.39, 0.29) is 5.02 Å². The Morgan fingerprint density at radius 1 is 1.40 bits per heavy atom.